The second-order valence-electron chi connectivity index (χ2n) is 6.51. The molecule has 128 valence electrons. The summed E-state index contributed by atoms with van der Waals surface area (Å²) < 4.78 is 0. The van der Waals surface area contributed by atoms with Crippen LogP contribution in [0.4, 0.5) is 16.2 Å². The van der Waals surface area contributed by atoms with Crippen molar-refractivity contribution in [2.75, 3.05) is 10.6 Å². The lowest BCUT2D eigenvalue weighted by atomic mass is 9.87. The number of rotatable bonds is 3. The van der Waals surface area contributed by atoms with Crippen LogP contribution in [0.3, 0.4) is 0 Å². The van der Waals surface area contributed by atoms with Gasteiger partial charge in [0.25, 0.3) is 0 Å². The summed E-state index contributed by atoms with van der Waals surface area (Å²) in [4.78, 5) is 23.9. The molecule has 3 heterocycles. The standard InChI is InChI=1S/C19H21N5O/c25-19(24-18-12-22-17-11-20-9-8-15(17)18)23-14-6-7-16(21-10-14)13-4-2-1-3-5-13/h6-13,22H,1-5H2,(H2,23,24,25). The molecule has 2 amide bonds. The molecule has 6 heteroatoms. The molecule has 0 aliphatic heterocycles. The Morgan fingerprint density at radius 2 is 1.96 bits per heavy atom. The van der Waals surface area contributed by atoms with E-state index in [1.807, 2.05) is 18.2 Å². The summed E-state index contributed by atoms with van der Waals surface area (Å²) in [5, 5.41) is 6.61. The molecular weight excluding hydrogens is 314 g/mol. The van der Waals surface area contributed by atoms with E-state index in [-0.39, 0.29) is 6.03 Å². The molecule has 0 spiro atoms. The Morgan fingerprint density at radius 3 is 2.76 bits per heavy atom. The van der Waals surface area contributed by atoms with Crippen molar-refractivity contribution in [1.82, 2.24) is 15.0 Å². The van der Waals surface area contributed by atoms with Crippen molar-refractivity contribution in [1.29, 1.82) is 0 Å². The van der Waals surface area contributed by atoms with E-state index in [0.29, 0.717) is 11.6 Å². The molecule has 3 aromatic heterocycles. The van der Waals surface area contributed by atoms with E-state index in [9.17, 15) is 4.79 Å². The number of carbonyl (C=O) groups is 1. The van der Waals surface area contributed by atoms with Crippen LogP contribution < -0.4 is 10.6 Å². The SMILES string of the molecule is O=C(Nc1ccc(C2CCCCC2)nc1)Nc1c[nH]c2cnccc12. The summed E-state index contributed by atoms with van der Waals surface area (Å²) in [5.74, 6) is 0.566. The van der Waals surface area contributed by atoms with Gasteiger partial charge in [-0.3, -0.25) is 9.97 Å². The molecule has 3 N–H and O–H groups in total. The Hall–Kier alpha value is -2.89. The van der Waals surface area contributed by atoms with Crippen LogP contribution in [0.2, 0.25) is 0 Å². The normalized spacial score (nSPS) is 15.2. The number of anilines is 2. The number of carbonyl (C=O) groups excluding carboxylic acids is 1. The van der Waals surface area contributed by atoms with Crippen LogP contribution in [0.5, 0.6) is 0 Å². The van der Waals surface area contributed by atoms with Crippen molar-refractivity contribution in [2.45, 2.75) is 38.0 Å². The Bertz CT molecular complexity index is 865. The highest BCUT2D eigenvalue weighted by molar-refractivity contribution is 6.05. The molecule has 0 unspecified atom stereocenters. The number of H-pyrrole nitrogens is 1. The molecule has 0 saturated heterocycles. The van der Waals surface area contributed by atoms with Crippen LogP contribution in [0.15, 0.2) is 43.0 Å². The van der Waals surface area contributed by atoms with Crippen LogP contribution in [-0.2, 0) is 0 Å². The van der Waals surface area contributed by atoms with Gasteiger partial charge < -0.3 is 15.6 Å². The molecule has 4 rings (SSSR count). The van der Waals surface area contributed by atoms with E-state index in [1.165, 1.54) is 32.1 Å². The first-order valence-electron chi connectivity index (χ1n) is 8.74. The molecule has 1 aliphatic rings. The Balaban J connectivity index is 1.40. The Labute approximate surface area is 146 Å². The molecule has 6 nitrogen and oxygen atoms in total. The molecule has 0 radical (unpaired) electrons. The van der Waals surface area contributed by atoms with Gasteiger partial charge in [0.15, 0.2) is 0 Å². The number of amides is 2. The fraction of sp³-hybridized carbons (Fsp3) is 0.316. The first kappa shape index (κ1) is 15.6. The predicted molar refractivity (Wildman–Crippen MR) is 98.8 cm³/mol. The maximum Gasteiger partial charge on any atom is 0.323 e. The first-order chi connectivity index (χ1) is 12.3. The summed E-state index contributed by atoms with van der Waals surface area (Å²) in [6.45, 7) is 0. The molecule has 0 aromatic carbocycles. The average Bonchev–Trinajstić information content (AvgIpc) is 3.06. The highest BCUT2D eigenvalue weighted by Gasteiger charge is 2.16. The zero-order valence-electron chi connectivity index (χ0n) is 14.0. The topological polar surface area (TPSA) is 82.7 Å². The van der Waals surface area contributed by atoms with E-state index < -0.39 is 0 Å². The predicted octanol–water partition coefficient (Wildman–Crippen LogP) is 4.65. The number of hydrogen-bond acceptors (Lipinski definition) is 3. The second kappa shape index (κ2) is 6.93. The molecule has 1 saturated carbocycles. The number of aromatic amines is 1. The van der Waals surface area contributed by atoms with Gasteiger partial charge in [0.05, 0.1) is 29.3 Å². The van der Waals surface area contributed by atoms with E-state index >= 15 is 0 Å². The van der Waals surface area contributed by atoms with E-state index in [2.05, 4.69) is 25.6 Å². The minimum absolute atomic E-state index is 0.287. The number of aromatic nitrogens is 3. The van der Waals surface area contributed by atoms with Crippen molar-refractivity contribution in [3.05, 3.63) is 48.7 Å². The largest absolute Gasteiger partial charge is 0.358 e. The van der Waals surface area contributed by atoms with Gasteiger partial charge >= 0.3 is 6.03 Å². The highest BCUT2D eigenvalue weighted by atomic mass is 16.2. The van der Waals surface area contributed by atoms with Gasteiger partial charge in [-0.15, -0.1) is 0 Å². The van der Waals surface area contributed by atoms with E-state index in [1.54, 1.807) is 24.8 Å². The van der Waals surface area contributed by atoms with Gasteiger partial charge in [0.1, 0.15) is 0 Å². The maximum absolute atomic E-state index is 12.2. The molecular formula is C19H21N5O. The van der Waals surface area contributed by atoms with Gasteiger partial charge in [-0.2, -0.15) is 0 Å². The van der Waals surface area contributed by atoms with Gasteiger partial charge in [-0.1, -0.05) is 19.3 Å². The third kappa shape index (κ3) is 3.47. The number of fused-ring (bicyclic) bond motifs is 1. The molecule has 3 aromatic rings. The van der Waals surface area contributed by atoms with Crippen molar-refractivity contribution in [2.24, 2.45) is 0 Å². The third-order valence-electron chi connectivity index (χ3n) is 4.80. The molecule has 25 heavy (non-hydrogen) atoms. The molecule has 1 fully saturated rings. The summed E-state index contributed by atoms with van der Waals surface area (Å²) in [6.07, 6.45) is 13.3. The van der Waals surface area contributed by atoms with Crippen LogP contribution in [0.25, 0.3) is 10.9 Å². The molecule has 0 atom stereocenters. The lowest BCUT2D eigenvalue weighted by Crippen LogP contribution is -2.19. The average molecular weight is 335 g/mol. The Kier molecular flexibility index (Phi) is 4.33. The minimum atomic E-state index is -0.287. The fourth-order valence-electron chi connectivity index (χ4n) is 3.48. The monoisotopic (exact) mass is 335 g/mol. The number of urea groups is 1. The van der Waals surface area contributed by atoms with Gasteiger partial charge in [0.2, 0.25) is 0 Å². The summed E-state index contributed by atoms with van der Waals surface area (Å²) in [6, 6.07) is 5.53. The maximum atomic E-state index is 12.2. The number of hydrogen-bond donors (Lipinski definition) is 3. The van der Waals surface area contributed by atoms with Crippen LogP contribution in [0, 0.1) is 0 Å². The highest BCUT2D eigenvalue weighted by Crippen LogP contribution is 2.31. The van der Waals surface area contributed by atoms with Crippen molar-refractivity contribution in [3.8, 4) is 0 Å². The number of nitrogens with zero attached hydrogens (tertiary/aromatic N) is 2. The van der Waals surface area contributed by atoms with Gasteiger partial charge in [0, 0.05) is 29.4 Å². The van der Waals surface area contributed by atoms with Gasteiger partial charge in [-0.05, 0) is 31.0 Å². The molecule has 1 aliphatic carbocycles. The van der Waals surface area contributed by atoms with Gasteiger partial charge in [-0.25, -0.2) is 4.79 Å². The summed E-state index contributed by atoms with van der Waals surface area (Å²) in [7, 11) is 0. The molecule has 0 bridgehead atoms. The zero-order chi connectivity index (χ0) is 17.1. The Morgan fingerprint density at radius 1 is 1.08 bits per heavy atom. The van der Waals surface area contributed by atoms with Crippen LogP contribution in [-0.4, -0.2) is 21.0 Å². The zero-order valence-corrected chi connectivity index (χ0v) is 14.0. The third-order valence-corrected chi connectivity index (χ3v) is 4.80. The smallest absolute Gasteiger partial charge is 0.323 e. The lowest BCUT2D eigenvalue weighted by Gasteiger charge is -2.21. The minimum Gasteiger partial charge on any atom is -0.358 e. The summed E-state index contributed by atoms with van der Waals surface area (Å²) >= 11 is 0. The number of pyridine rings is 2. The fourth-order valence-corrected chi connectivity index (χ4v) is 3.48. The van der Waals surface area contributed by atoms with Crippen LogP contribution >= 0.6 is 0 Å². The van der Waals surface area contributed by atoms with Crippen molar-refractivity contribution >= 4 is 28.3 Å². The quantitative estimate of drug-likeness (QED) is 0.651. The van der Waals surface area contributed by atoms with E-state index in [4.69, 9.17) is 0 Å². The van der Waals surface area contributed by atoms with Crippen molar-refractivity contribution in [3.63, 3.8) is 0 Å². The second-order valence-corrected chi connectivity index (χ2v) is 6.51. The van der Waals surface area contributed by atoms with E-state index in [0.717, 1.165) is 22.3 Å². The number of nitrogens with one attached hydrogen (secondary N) is 3. The summed E-state index contributed by atoms with van der Waals surface area (Å²) in [5.41, 5.74) is 3.44. The first-order valence-corrected chi connectivity index (χ1v) is 8.74. The van der Waals surface area contributed by atoms with Crippen molar-refractivity contribution < 1.29 is 4.79 Å². The lowest BCUT2D eigenvalue weighted by molar-refractivity contribution is 0.262. The van der Waals surface area contributed by atoms with Crippen LogP contribution in [0.1, 0.15) is 43.7 Å².